The maximum Gasteiger partial charge on any atom is 0.311 e. The molecular weight excluding hydrogens is 308 g/mol. The van der Waals surface area contributed by atoms with Gasteiger partial charge in [-0.1, -0.05) is 12.8 Å². The number of pyridine rings is 1. The minimum atomic E-state index is -0.392. The normalized spacial score (nSPS) is 19.8. The number of piperidine rings is 1. The fourth-order valence-corrected chi connectivity index (χ4v) is 3.66. The number of hydrogen-bond acceptors (Lipinski definition) is 5. The number of anilines is 1. The SMILES string of the molecule is O=C(C1CCN(c2ncccc2[N+](=O)[O-])CC1)N1CCCCCC1. The summed E-state index contributed by atoms with van der Waals surface area (Å²) >= 11 is 0. The summed E-state index contributed by atoms with van der Waals surface area (Å²) in [4.78, 5) is 31.6. The van der Waals surface area contributed by atoms with Crippen molar-refractivity contribution in [2.24, 2.45) is 5.92 Å². The van der Waals surface area contributed by atoms with E-state index in [1.165, 1.54) is 18.9 Å². The van der Waals surface area contributed by atoms with E-state index in [4.69, 9.17) is 0 Å². The van der Waals surface area contributed by atoms with Crippen molar-refractivity contribution in [2.45, 2.75) is 38.5 Å². The van der Waals surface area contributed by atoms with E-state index in [0.29, 0.717) is 18.9 Å². The van der Waals surface area contributed by atoms with Crippen LogP contribution in [0.2, 0.25) is 0 Å². The van der Waals surface area contributed by atoms with Gasteiger partial charge in [0.1, 0.15) is 0 Å². The van der Waals surface area contributed by atoms with Crippen LogP contribution in [0.1, 0.15) is 38.5 Å². The van der Waals surface area contributed by atoms with Gasteiger partial charge >= 0.3 is 5.69 Å². The Labute approximate surface area is 141 Å². The number of hydrogen-bond donors (Lipinski definition) is 0. The standard InChI is InChI=1S/C17H24N4O3/c22-17(20-10-3-1-2-4-11-20)14-7-12-19(13-8-14)16-15(21(23)24)6-5-9-18-16/h5-6,9,14H,1-4,7-8,10-13H2. The molecular formula is C17H24N4O3. The lowest BCUT2D eigenvalue weighted by molar-refractivity contribution is -0.384. The van der Waals surface area contributed by atoms with E-state index in [0.717, 1.165) is 38.8 Å². The minimum absolute atomic E-state index is 0.0368. The van der Waals surface area contributed by atoms with E-state index < -0.39 is 4.92 Å². The van der Waals surface area contributed by atoms with Crippen LogP contribution in [0, 0.1) is 16.0 Å². The van der Waals surface area contributed by atoms with E-state index in [-0.39, 0.29) is 17.5 Å². The highest BCUT2D eigenvalue weighted by atomic mass is 16.6. The van der Waals surface area contributed by atoms with Gasteiger partial charge in [-0.2, -0.15) is 0 Å². The zero-order valence-corrected chi connectivity index (χ0v) is 13.9. The molecule has 0 saturated carbocycles. The summed E-state index contributed by atoms with van der Waals surface area (Å²) in [5, 5.41) is 11.2. The first kappa shape index (κ1) is 16.7. The molecule has 3 heterocycles. The van der Waals surface area contributed by atoms with Crippen molar-refractivity contribution in [3.05, 3.63) is 28.4 Å². The topological polar surface area (TPSA) is 79.6 Å². The number of amides is 1. The lowest BCUT2D eigenvalue weighted by Crippen LogP contribution is -2.43. The Morgan fingerprint density at radius 1 is 1.12 bits per heavy atom. The molecule has 7 nitrogen and oxygen atoms in total. The van der Waals surface area contributed by atoms with Gasteiger partial charge in [-0.3, -0.25) is 14.9 Å². The fraction of sp³-hybridized carbons (Fsp3) is 0.647. The van der Waals surface area contributed by atoms with E-state index in [9.17, 15) is 14.9 Å². The Morgan fingerprint density at radius 2 is 1.79 bits per heavy atom. The van der Waals surface area contributed by atoms with Crippen molar-refractivity contribution in [1.82, 2.24) is 9.88 Å². The highest BCUT2D eigenvalue weighted by Gasteiger charge is 2.31. The minimum Gasteiger partial charge on any atom is -0.351 e. The van der Waals surface area contributed by atoms with Crippen molar-refractivity contribution < 1.29 is 9.72 Å². The van der Waals surface area contributed by atoms with Crippen LogP contribution < -0.4 is 4.90 Å². The third kappa shape index (κ3) is 3.66. The van der Waals surface area contributed by atoms with Crippen molar-refractivity contribution in [3.63, 3.8) is 0 Å². The molecule has 1 aromatic heterocycles. The molecule has 3 rings (SSSR count). The second-order valence-electron chi connectivity index (χ2n) is 6.60. The molecule has 2 aliphatic rings. The summed E-state index contributed by atoms with van der Waals surface area (Å²) in [7, 11) is 0. The summed E-state index contributed by atoms with van der Waals surface area (Å²) < 4.78 is 0. The third-order valence-corrected chi connectivity index (χ3v) is 5.02. The zero-order chi connectivity index (χ0) is 16.9. The van der Waals surface area contributed by atoms with Gasteiger partial charge in [0.25, 0.3) is 0 Å². The molecule has 7 heteroatoms. The first-order valence-corrected chi connectivity index (χ1v) is 8.80. The Morgan fingerprint density at radius 3 is 2.42 bits per heavy atom. The maximum atomic E-state index is 12.7. The molecule has 0 spiro atoms. The van der Waals surface area contributed by atoms with Crippen molar-refractivity contribution in [3.8, 4) is 0 Å². The molecule has 130 valence electrons. The van der Waals surface area contributed by atoms with Crippen LogP contribution in [0.5, 0.6) is 0 Å². The monoisotopic (exact) mass is 332 g/mol. The average molecular weight is 332 g/mol. The van der Waals surface area contributed by atoms with Gasteiger partial charge in [-0.15, -0.1) is 0 Å². The molecule has 1 aromatic rings. The first-order chi connectivity index (χ1) is 11.7. The van der Waals surface area contributed by atoms with Crippen LogP contribution in [0.3, 0.4) is 0 Å². The van der Waals surface area contributed by atoms with Crippen LogP contribution >= 0.6 is 0 Å². The second kappa shape index (κ2) is 7.59. The highest BCUT2D eigenvalue weighted by Crippen LogP contribution is 2.30. The predicted octanol–water partition coefficient (Wildman–Crippen LogP) is 2.61. The van der Waals surface area contributed by atoms with Crippen molar-refractivity contribution in [1.29, 1.82) is 0 Å². The van der Waals surface area contributed by atoms with Crippen LogP contribution in [-0.2, 0) is 4.79 Å². The van der Waals surface area contributed by atoms with Crippen LogP contribution in [0.4, 0.5) is 11.5 Å². The summed E-state index contributed by atoms with van der Waals surface area (Å²) in [6.07, 6.45) is 7.69. The number of nitro groups is 1. The summed E-state index contributed by atoms with van der Waals surface area (Å²) in [6.45, 7) is 3.04. The molecule has 0 N–H and O–H groups in total. The summed E-state index contributed by atoms with van der Waals surface area (Å²) in [5.74, 6) is 0.734. The van der Waals surface area contributed by atoms with Gasteiger partial charge in [-0.25, -0.2) is 4.98 Å². The zero-order valence-electron chi connectivity index (χ0n) is 13.9. The number of likely N-dealkylation sites (tertiary alicyclic amines) is 1. The van der Waals surface area contributed by atoms with Crippen LogP contribution in [0.15, 0.2) is 18.3 Å². The van der Waals surface area contributed by atoms with Gasteiger partial charge in [0.15, 0.2) is 0 Å². The van der Waals surface area contributed by atoms with Gasteiger partial charge < -0.3 is 9.80 Å². The number of aromatic nitrogens is 1. The number of carbonyl (C=O) groups is 1. The van der Waals surface area contributed by atoms with E-state index >= 15 is 0 Å². The molecule has 0 aromatic carbocycles. The molecule has 24 heavy (non-hydrogen) atoms. The fourth-order valence-electron chi connectivity index (χ4n) is 3.66. The first-order valence-electron chi connectivity index (χ1n) is 8.80. The number of carbonyl (C=O) groups excluding carboxylic acids is 1. The summed E-state index contributed by atoms with van der Waals surface area (Å²) in [5.41, 5.74) is 0.0368. The van der Waals surface area contributed by atoms with Gasteiger partial charge in [0.05, 0.1) is 4.92 Å². The van der Waals surface area contributed by atoms with Gasteiger partial charge in [0, 0.05) is 44.4 Å². The largest absolute Gasteiger partial charge is 0.351 e. The molecule has 2 aliphatic heterocycles. The molecule has 1 amide bonds. The molecule has 0 unspecified atom stereocenters. The molecule has 0 aliphatic carbocycles. The lowest BCUT2D eigenvalue weighted by Gasteiger charge is -2.34. The summed E-state index contributed by atoms with van der Waals surface area (Å²) in [6, 6.07) is 3.06. The second-order valence-corrected chi connectivity index (χ2v) is 6.60. The smallest absolute Gasteiger partial charge is 0.311 e. The van der Waals surface area contributed by atoms with E-state index in [2.05, 4.69) is 4.98 Å². The molecule has 2 fully saturated rings. The Bertz CT molecular complexity index is 591. The molecule has 2 saturated heterocycles. The highest BCUT2D eigenvalue weighted by molar-refractivity contribution is 5.79. The van der Waals surface area contributed by atoms with Gasteiger partial charge in [-0.05, 0) is 31.7 Å². The lowest BCUT2D eigenvalue weighted by atomic mass is 9.95. The Hall–Kier alpha value is -2.18. The Balaban J connectivity index is 1.61. The average Bonchev–Trinajstić information content (AvgIpc) is 2.90. The molecule has 0 bridgehead atoms. The Kier molecular flexibility index (Phi) is 5.27. The van der Waals surface area contributed by atoms with Crippen LogP contribution in [0.25, 0.3) is 0 Å². The predicted molar refractivity (Wildman–Crippen MR) is 90.9 cm³/mol. The quantitative estimate of drug-likeness (QED) is 0.628. The number of nitrogens with zero attached hydrogens (tertiary/aromatic N) is 4. The van der Waals surface area contributed by atoms with E-state index in [1.807, 2.05) is 9.80 Å². The van der Waals surface area contributed by atoms with Crippen molar-refractivity contribution >= 4 is 17.4 Å². The third-order valence-electron chi connectivity index (χ3n) is 5.02. The maximum absolute atomic E-state index is 12.7. The van der Waals surface area contributed by atoms with Crippen LogP contribution in [-0.4, -0.2) is 46.9 Å². The van der Waals surface area contributed by atoms with Gasteiger partial charge in [0.2, 0.25) is 11.7 Å². The molecule has 0 radical (unpaired) electrons. The molecule has 0 atom stereocenters. The van der Waals surface area contributed by atoms with E-state index in [1.54, 1.807) is 12.3 Å². The van der Waals surface area contributed by atoms with Crippen molar-refractivity contribution in [2.75, 3.05) is 31.1 Å². The number of rotatable bonds is 3.